The predicted octanol–water partition coefficient (Wildman–Crippen LogP) is 3.80. The number of rotatable bonds is 1. The van der Waals surface area contributed by atoms with Crippen molar-refractivity contribution in [1.82, 2.24) is 0 Å². The second-order valence-corrected chi connectivity index (χ2v) is 6.49. The van der Waals surface area contributed by atoms with Gasteiger partial charge in [-0.15, -0.1) is 0 Å². The molecule has 0 aromatic heterocycles. The molecule has 3 rings (SSSR count). The molecule has 3 heteroatoms. The third-order valence-corrected chi connectivity index (χ3v) is 5.20. The van der Waals surface area contributed by atoms with E-state index in [2.05, 4.69) is 28.1 Å². The summed E-state index contributed by atoms with van der Waals surface area (Å²) in [7, 11) is 0. The van der Waals surface area contributed by atoms with E-state index in [0.717, 1.165) is 48.9 Å². The molecule has 1 heterocycles. The van der Waals surface area contributed by atoms with Gasteiger partial charge in [-0.1, -0.05) is 34.1 Å². The van der Waals surface area contributed by atoms with Gasteiger partial charge in [0, 0.05) is 17.7 Å². The van der Waals surface area contributed by atoms with E-state index in [4.69, 9.17) is 4.74 Å². The summed E-state index contributed by atoms with van der Waals surface area (Å²) in [5, 5.41) is 9.63. The summed E-state index contributed by atoms with van der Waals surface area (Å²) in [6.07, 6.45) is 4.20. The van der Waals surface area contributed by atoms with E-state index in [0.29, 0.717) is 5.41 Å². The first-order chi connectivity index (χ1) is 8.70. The highest BCUT2D eigenvalue weighted by Crippen LogP contribution is 2.60. The van der Waals surface area contributed by atoms with Gasteiger partial charge in [-0.3, -0.25) is 0 Å². The third kappa shape index (κ3) is 1.79. The van der Waals surface area contributed by atoms with Crippen molar-refractivity contribution < 1.29 is 4.74 Å². The topological polar surface area (TPSA) is 33.0 Å². The van der Waals surface area contributed by atoms with Gasteiger partial charge in [0.05, 0.1) is 11.5 Å². The van der Waals surface area contributed by atoms with Gasteiger partial charge in [-0.05, 0) is 42.7 Å². The maximum Gasteiger partial charge on any atom is 0.0843 e. The molecule has 2 fully saturated rings. The Labute approximate surface area is 116 Å². The number of nitriles is 1. The van der Waals surface area contributed by atoms with Crippen molar-refractivity contribution in [1.29, 1.82) is 5.26 Å². The summed E-state index contributed by atoms with van der Waals surface area (Å²) < 4.78 is 6.50. The number of hydrogen-bond donors (Lipinski definition) is 0. The van der Waals surface area contributed by atoms with Crippen LogP contribution in [0.1, 0.15) is 31.2 Å². The van der Waals surface area contributed by atoms with E-state index < -0.39 is 0 Å². The van der Waals surface area contributed by atoms with E-state index in [-0.39, 0.29) is 5.41 Å². The molecule has 1 aromatic carbocycles. The molecule has 2 nitrogen and oxygen atoms in total. The Morgan fingerprint density at radius 2 is 1.83 bits per heavy atom. The molecular weight excluding hydrogens is 290 g/mol. The van der Waals surface area contributed by atoms with E-state index >= 15 is 0 Å². The highest BCUT2D eigenvalue weighted by atomic mass is 79.9. The second-order valence-electron chi connectivity index (χ2n) is 5.64. The van der Waals surface area contributed by atoms with Gasteiger partial charge in [0.2, 0.25) is 0 Å². The van der Waals surface area contributed by atoms with Crippen LogP contribution in [0.5, 0.6) is 0 Å². The minimum absolute atomic E-state index is 0.280. The Morgan fingerprint density at radius 1 is 1.17 bits per heavy atom. The third-order valence-electron chi connectivity index (χ3n) is 4.51. The lowest BCUT2D eigenvalue weighted by Gasteiger charge is -2.55. The number of benzene rings is 1. The van der Waals surface area contributed by atoms with Crippen molar-refractivity contribution >= 4 is 15.9 Å². The van der Waals surface area contributed by atoms with Crippen LogP contribution in [0.4, 0.5) is 0 Å². The first-order valence-electron chi connectivity index (χ1n) is 6.44. The van der Waals surface area contributed by atoms with Gasteiger partial charge in [0.1, 0.15) is 0 Å². The average Bonchev–Trinajstić information content (AvgIpc) is 2.37. The van der Waals surface area contributed by atoms with Crippen molar-refractivity contribution in [3.63, 3.8) is 0 Å². The Kier molecular flexibility index (Phi) is 2.96. The summed E-state index contributed by atoms with van der Waals surface area (Å²) in [4.78, 5) is 0. The standard InChI is InChI=1S/C15H16BrNO/c16-13-4-2-1-3-12(13)15(11-17)9-14(10-15)5-7-18-8-6-14/h1-4H,5-10H2. The van der Waals surface area contributed by atoms with Gasteiger partial charge in [0.25, 0.3) is 0 Å². The maximum absolute atomic E-state index is 9.63. The Morgan fingerprint density at radius 3 is 2.44 bits per heavy atom. The molecule has 1 saturated heterocycles. The molecule has 1 aromatic rings. The first-order valence-corrected chi connectivity index (χ1v) is 7.23. The summed E-state index contributed by atoms with van der Waals surface area (Å²) >= 11 is 3.58. The molecule has 1 spiro atoms. The summed E-state index contributed by atoms with van der Waals surface area (Å²) in [5.74, 6) is 0. The zero-order valence-electron chi connectivity index (χ0n) is 10.3. The largest absolute Gasteiger partial charge is 0.381 e. The number of nitrogens with zero attached hydrogens (tertiary/aromatic N) is 1. The van der Waals surface area contributed by atoms with Crippen LogP contribution in [0.2, 0.25) is 0 Å². The lowest BCUT2D eigenvalue weighted by Crippen LogP contribution is -2.51. The predicted molar refractivity (Wildman–Crippen MR) is 73.2 cm³/mol. The first kappa shape index (κ1) is 12.2. The quantitative estimate of drug-likeness (QED) is 0.790. The average molecular weight is 306 g/mol. The fraction of sp³-hybridized carbons (Fsp3) is 0.533. The Bertz CT molecular complexity index is 491. The zero-order valence-corrected chi connectivity index (χ0v) is 11.9. The van der Waals surface area contributed by atoms with Crippen molar-refractivity contribution in [3.8, 4) is 6.07 Å². The molecule has 1 aliphatic carbocycles. The lowest BCUT2D eigenvalue weighted by molar-refractivity contribution is -0.0579. The molecule has 0 atom stereocenters. The molecule has 0 bridgehead atoms. The van der Waals surface area contributed by atoms with Crippen LogP contribution >= 0.6 is 15.9 Å². The molecule has 0 amide bonds. The monoisotopic (exact) mass is 305 g/mol. The smallest absolute Gasteiger partial charge is 0.0843 e. The van der Waals surface area contributed by atoms with Crippen molar-refractivity contribution in [2.24, 2.45) is 5.41 Å². The van der Waals surface area contributed by atoms with Crippen LogP contribution in [-0.2, 0) is 10.2 Å². The summed E-state index contributed by atoms with van der Waals surface area (Å²) in [5.41, 5.74) is 1.24. The number of hydrogen-bond acceptors (Lipinski definition) is 2. The SMILES string of the molecule is N#CC1(c2ccccc2Br)CC2(CCOCC2)C1. The minimum atomic E-state index is -0.280. The summed E-state index contributed by atoms with van der Waals surface area (Å²) in [6.45, 7) is 1.72. The van der Waals surface area contributed by atoms with Crippen molar-refractivity contribution in [2.45, 2.75) is 31.1 Å². The van der Waals surface area contributed by atoms with Gasteiger partial charge in [0.15, 0.2) is 0 Å². The zero-order chi connectivity index (χ0) is 12.6. The molecule has 18 heavy (non-hydrogen) atoms. The molecule has 1 aliphatic heterocycles. The minimum Gasteiger partial charge on any atom is -0.381 e. The second kappa shape index (κ2) is 4.36. The van der Waals surface area contributed by atoms with Gasteiger partial charge < -0.3 is 4.74 Å². The van der Waals surface area contributed by atoms with E-state index in [1.165, 1.54) is 0 Å². The highest BCUT2D eigenvalue weighted by Gasteiger charge is 2.56. The highest BCUT2D eigenvalue weighted by molar-refractivity contribution is 9.10. The lowest BCUT2D eigenvalue weighted by atomic mass is 9.48. The number of halogens is 1. The van der Waals surface area contributed by atoms with Crippen LogP contribution in [0, 0.1) is 16.7 Å². The summed E-state index contributed by atoms with van der Waals surface area (Å²) in [6, 6.07) is 10.7. The Balaban J connectivity index is 1.87. The molecule has 2 aliphatic rings. The molecule has 1 saturated carbocycles. The Hall–Kier alpha value is -0.850. The van der Waals surface area contributed by atoms with Crippen molar-refractivity contribution in [2.75, 3.05) is 13.2 Å². The van der Waals surface area contributed by atoms with Gasteiger partial charge >= 0.3 is 0 Å². The number of ether oxygens (including phenoxy) is 1. The molecule has 0 unspecified atom stereocenters. The normalized spacial score (nSPS) is 24.2. The molecule has 0 N–H and O–H groups in total. The molecular formula is C15H16BrNO. The van der Waals surface area contributed by atoms with Crippen LogP contribution in [-0.4, -0.2) is 13.2 Å². The molecule has 0 radical (unpaired) electrons. The van der Waals surface area contributed by atoms with Gasteiger partial charge in [-0.2, -0.15) is 5.26 Å². The van der Waals surface area contributed by atoms with E-state index in [9.17, 15) is 5.26 Å². The molecule has 94 valence electrons. The van der Waals surface area contributed by atoms with Crippen LogP contribution in [0.15, 0.2) is 28.7 Å². The maximum atomic E-state index is 9.63. The van der Waals surface area contributed by atoms with Gasteiger partial charge in [-0.25, -0.2) is 0 Å². The van der Waals surface area contributed by atoms with Crippen LogP contribution in [0.25, 0.3) is 0 Å². The fourth-order valence-electron chi connectivity index (χ4n) is 3.57. The van der Waals surface area contributed by atoms with Crippen LogP contribution in [0.3, 0.4) is 0 Å². The van der Waals surface area contributed by atoms with E-state index in [1.54, 1.807) is 0 Å². The van der Waals surface area contributed by atoms with Crippen molar-refractivity contribution in [3.05, 3.63) is 34.3 Å². The fourth-order valence-corrected chi connectivity index (χ4v) is 4.23. The van der Waals surface area contributed by atoms with Crippen LogP contribution < -0.4 is 0 Å². The van der Waals surface area contributed by atoms with E-state index in [1.807, 2.05) is 18.2 Å².